The quantitative estimate of drug-likeness (QED) is 0.861. The maximum Gasteiger partial charge on any atom is 0.330 e. The van der Waals surface area contributed by atoms with Crippen molar-refractivity contribution >= 4 is 29.5 Å². The van der Waals surface area contributed by atoms with E-state index in [1.165, 1.54) is 23.6 Å². The Hall–Kier alpha value is -2.02. The van der Waals surface area contributed by atoms with Crippen molar-refractivity contribution in [1.29, 1.82) is 0 Å². The summed E-state index contributed by atoms with van der Waals surface area (Å²) in [6.45, 7) is 1.40. The minimum atomic E-state index is -1.13. The molecule has 1 fully saturated rings. The predicted molar refractivity (Wildman–Crippen MR) is 78.6 cm³/mol. The Morgan fingerprint density at radius 2 is 2.00 bits per heavy atom. The van der Waals surface area contributed by atoms with Crippen molar-refractivity contribution in [1.82, 2.24) is 10.2 Å². The van der Waals surface area contributed by atoms with Crippen LogP contribution in [0.15, 0.2) is 30.3 Å². The van der Waals surface area contributed by atoms with Gasteiger partial charge in [0, 0.05) is 12.7 Å². The largest absolute Gasteiger partial charge is 0.479 e. The van der Waals surface area contributed by atoms with E-state index in [4.69, 9.17) is 0 Å². The van der Waals surface area contributed by atoms with Crippen LogP contribution in [-0.4, -0.2) is 45.5 Å². The summed E-state index contributed by atoms with van der Waals surface area (Å²) in [5.74, 6) is -0.823. The fourth-order valence-electron chi connectivity index (χ4n) is 2.14. The molecule has 0 aliphatic carbocycles. The van der Waals surface area contributed by atoms with Crippen LogP contribution >= 0.6 is 11.8 Å². The Bertz CT molecular complexity index is 549. The minimum Gasteiger partial charge on any atom is -0.479 e. The third kappa shape index (κ3) is 3.55. The molecule has 1 saturated heterocycles. The molecule has 1 aliphatic rings. The summed E-state index contributed by atoms with van der Waals surface area (Å²) in [6, 6.07) is 6.76. The Morgan fingerprint density at radius 1 is 1.33 bits per heavy atom. The van der Waals surface area contributed by atoms with Crippen LogP contribution < -0.4 is 5.32 Å². The molecular weight excluding hydrogens is 292 g/mol. The number of thioether (sulfide) groups is 1. The Balaban J connectivity index is 2.12. The van der Waals surface area contributed by atoms with Crippen LogP contribution in [0.25, 0.3) is 0 Å². The Morgan fingerprint density at radius 3 is 2.57 bits per heavy atom. The van der Waals surface area contributed by atoms with Crippen molar-refractivity contribution < 1.29 is 19.5 Å². The van der Waals surface area contributed by atoms with Crippen molar-refractivity contribution in [2.75, 3.05) is 11.6 Å². The van der Waals surface area contributed by atoms with Gasteiger partial charge in [0.25, 0.3) is 0 Å². The van der Waals surface area contributed by atoms with Gasteiger partial charge in [0.1, 0.15) is 6.04 Å². The zero-order valence-electron chi connectivity index (χ0n) is 11.5. The number of carboxylic acids is 1. The second-order valence-electron chi connectivity index (χ2n) is 4.70. The van der Waals surface area contributed by atoms with Crippen molar-refractivity contribution in [3.8, 4) is 0 Å². The second-order valence-corrected chi connectivity index (χ2v) is 5.69. The zero-order chi connectivity index (χ0) is 15.4. The van der Waals surface area contributed by atoms with Crippen LogP contribution in [0.3, 0.4) is 0 Å². The number of amides is 2. The molecule has 21 heavy (non-hydrogen) atoms. The molecule has 0 bridgehead atoms. The molecule has 112 valence electrons. The van der Waals surface area contributed by atoms with Crippen LogP contribution in [0, 0.1) is 0 Å². The summed E-state index contributed by atoms with van der Waals surface area (Å²) in [4.78, 5) is 36.5. The molecule has 0 aromatic heterocycles. The molecule has 1 unspecified atom stereocenters. The van der Waals surface area contributed by atoms with Gasteiger partial charge in [-0.2, -0.15) is 0 Å². The van der Waals surface area contributed by atoms with E-state index in [0.717, 1.165) is 0 Å². The number of carboxylic acid groups (broad SMARTS) is 1. The van der Waals surface area contributed by atoms with E-state index >= 15 is 0 Å². The zero-order valence-corrected chi connectivity index (χ0v) is 12.3. The first-order valence-corrected chi connectivity index (χ1v) is 7.59. The van der Waals surface area contributed by atoms with Gasteiger partial charge < -0.3 is 15.3 Å². The number of rotatable bonds is 4. The van der Waals surface area contributed by atoms with Gasteiger partial charge in [0.15, 0.2) is 6.04 Å². The summed E-state index contributed by atoms with van der Waals surface area (Å²) in [5.41, 5.74) is 0.498. The van der Waals surface area contributed by atoms with Crippen LogP contribution in [0.2, 0.25) is 0 Å². The van der Waals surface area contributed by atoms with Gasteiger partial charge in [-0.05, 0) is 5.56 Å². The smallest absolute Gasteiger partial charge is 0.330 e. The van der Waals surface area contributed by atoms with E-state index < -0.39 is 24.0 Å². The first-order chi connectivity index (χ1) is 10.0. The summed E-state index contributed by atoms with van der Waals surface area (Å²) >= 11 is 1.48. The lowest BCUT2D eigenvalue weighted by Crippen LogP contribution is -2.48. The lowest BCUT2D eigenvalue weighted by Gasteiger charge is -2.23. The van der Waals surface area contributed by atoms with Crippen molar-refractivity contribution in [3.63, 3.8) is 0 Å². The number of benzene rings is 1. The highest BCUT2D eigenvalue weighted by atomic mass is 32.2. The summed E-state index contributed by atoms with van der Waals surface area (Å²) in [6.07, 6.45) is 0. The summed E-state index contributed by atoms with van der Waals surface area (Å²) in [5, 5.41) is 11.8. The highest BCUT2D eigenvalue weighted by Gasteiger charge is 2.35. The molecule has 1 aromatic rings. The average Bonchev–Trinajstić information content (AvgIpc) is 2.94. The van der Waals surface area contributed by atoms with Crippen molar-refractivity contribution in [2.45, 2.75) is 19.0 Å². The van der Waals surface area contributed by atoms with E-state index in [9.17, 15) is 19.5 Å². The van der Waals surface area contributed by atoms with E-state index in [0.29, 0.717) is 17.2 Å². The maximum atomic E-state index is 12.3. The molecule has 0 radical (unpaired) electrons. The molecular formula is C14H16N2O4S. The molecule has 0 saturated carbocycles. The molecule has 1 aliphatic heterocycles. The number of nitrogens with zero attached hydrogens (tertiary/aromatic N) is 1. The molecule has 2 rings (SSSR count). The minimum absolute atomic E-state index is 0.188. The first kappa shape index (κ1) is 15.4. The number of carbonyl (C=O) groups excluding carboxylic acids is 2. The third-order valence-electron chi connectivity index (χ3n) is 3.26. The van der Waals surface area contributed by atoms with Gasteiger partial charge >= 0.3 is 5.97 Å². The summed E-state index contributed by atoms with van der Waals surface area (Å²) in [7, 11) is 0. The molecule has 6 nitrogen and oxygen atoms in total. The van der Waals surface area contributed by atoms with Gasteiger partial charge in [0.05, 0.1) is 5.88 Å². The lowest BCUT2D eigenvalue weighted by atomic mass is 10.1. The highest BCUT2D eigenvalue weighted by molar-refractivity contribution is 7.99. The van der Waals surface area contributed by atoms with Crippen molar-refractivity contribution in [2.24, 2.45) is 0 Å². The predicted octanol–water partition coefficient (Wildman–Crippen LogP) is 0.850. The van der Waals surface area contributed by atoms with E-state index in [-0.39, 0.29) is 5.91 Å². The first-order valence-electron chi connectivity index (χ1n) is 6.43. The Labute approximate surface area is 126 Å². The molecule has 7 heteroatoms. The van der Waals surface area contributed by atoms with Gasteiger partial charge in [-0.25, -0.2) is 4.79 Å². The SMILES string of the molecule is CC(=O)N1CSCC1C(=O)N[C@H](C(=O)O)c1ccccc1. The topological polar surface area (TPSA) is 86.7 Å². The second kappa shape index (κ2) is 6.62. The van der Waals surface area contributed by atoms with Crippen molar-refractivity contribution in [3.05, 3.63) is 35.9 Å². The molecule has 2 N–H and O–H groups in total. The van der Waals surface area contributed by atoms with E-state index in [1.54, 1.807) is 30.3 Å². The van der Waals surface area contributed by atoms with Crippen LogP contribution in [0.1, 0.15) is 18.5 Å². The number of hydrogen-bond acceptors (Lipinski definition) is 4. The monoisotopic (exact) mass is 308 g/mol. The average molecular weight is 308 g/mol. The Kier molecular flexibility index (Phi) is 4.85. The normalized spacial score (nSPS) is 19.1. The van der Waals surface area contributed by atoms with Gasteiger partial charge in [0.2, 0.25) is 11.8 Å². The molecule has 0 spiro atoms. The lowest BCUT2D eigenvalue weighted by molar-refractivity contribution is -0.143. The van der Waals surface area contributed by atoms with Gasteiger partial charge in [-0.1, -0.05) is 30.3 Å². The number of aliphatic carboxylic acids is 1. The fraction of sp³-hybridized carbons (Fsp3) is 0.357. The maximum absolute atomic E-state index is 12.3. The van der Waals surface area contributed by atoms with E-state index in [1.807, 2.05) is 0 Å². The van der Waals surface area contributed by atoms with Gasteiger partial charge in [-0.3, -0.25) is 9.59 Å². The molecule has 1 heterocycles. The van der Waals surface area contributed by atoms with Crippen LogP contribution in [-0.2, 0) is 14.4 Å². The highest BCUT2D eigenvalue weighted by Crippen LogP contribution is 2.22. The molecule has 2 atom stereocenters. The van der Waals surface area contributed by atoms with Crippen LogP contribution in [0.5, 0.6) is 0 Å². The third-order valence-corrected chi connectivity index (χ3v) is 4.27. The summed E-state index contributed by atoms with van der Waals surface area (Å²) < 4.78 is 0. The van der Waals surface area contributed by atoms with E-state index in [2.05, 4.69) is 5.32 Å². The fourth-order valence-corrected chi connectivity index (χ4v) is 3.36. The standard InChI is InChI=1S/C14H16N2O4S/c1-9(17)16-8-21-7-11(16)13(18)15-12(14(19)20)10-5-3-2-4-6-10/h2-6,11-12H,7-8H2,1H3,(H,15,18)(H,19,20)/t11?,12-/m0/s1. The van der Waals surface area contributed by atoms with Gasteiger partial charge in [-0.15, -0.1) is 11.8 Å². The molecule has 2 amide bonds. The number of carbonyl (C=O) groups is 3. The number of nitrogens with one attached hydrogen (secondary N) is 1. The number of hydrogen-bond donors (Lipinski definition) is 2. The van der Waals surface area contributed by atoms with Crippen LogP contribution in [0.4, 0.5) is 0 Å². The molecule has 1 aromatic carbocycles.